The van der Waals surface area contributed by atoms with E-state index >= 15 is 0 Å². The predicted molar refractivity (Wildman–Crippen MR) is 111 cm³/mol. The first kappa shape index (κ1) is 22.6. The molecule has 132 valence electrons. The van der Waals surface area contributed by atoms with E-state index in [0.29, 0.717) is 0 Å². The number of hydrogen-bond donors (Lipinski definition) is 4. The molecule has 0 heterocycles. The van der Waals surface area contributed by atoms with Crippen LogP contribution in [-0.2, 0) is 0 Å². The van der Waals surface area contributed by atoms with Crippen LogP contribution in [0.2, 0.25) is 0 Å². The van der Waals surface area contributed by atoms with Gasteiger partial charge in [0.1, 0.15) is 0 Å². The van der Waals surface area contributed by atoms with E-state index in [1.165, 1.54) is 0 Å². The van der Waals surface area contributed by atoms with Gasteiger partial charge in [0, 0.05) is 11.4 Å². The summed E-state index contributed by atoms with van der Waals surface area (Å²) in [6.45, 7) is 0. The molecule has 2 rings (SSSR count). The molecular weight excluding hydrogens is 489 g/mol. The second-order valence-electron chi connectivity index (χ2n) is 3.87. The molecule has 0 aromatic heterocycles. The van der Waals surface area contributed by atoms with Gasteiger partial charge in [0.25, 0.3) is 0 Å². The molecule has 2 aromatic rings. The molecule has 6 nitrogen and oxygen atoms in total. The maximum Gasteiger partial charge on any atom is 0.316 e. The third kappa shape index (κ3) is 15.5. The predicted octanol–water partition coefficient (Wildman–Crippen LogP) is 5.31. The number of carbonyl (C=O) groups is 2. The van der Waals surface area contributed by atoms with Crippen molar-refractivity contribution in [3.05, 3.63) is 60.7 Å². The van der Waals surface area contributed by atoms with Gasteiger partial charge in [-0.05, 0) is 24.3 Å². The van der Waals surface area contributed by atoms with Crippen LogP contribution in [0.1, 0.15) is 0 Å². The number of primary amides is 2. The smallest absolute Gasteiger partial charge is 0.316 e. The van der Waals surface area contributed by atoms with Crippen LogP contribution in [0.4, 0.5) is 21.0 Å². The Kier molecular flexibility index (Phi) is 13.1. The number of amides is 4. The summed E-state index contributed by atoms with van der Waals surface area (Å²) in [5, 5.41) is 4.89. The van der Waals surface area contributed by atoms with Gasteiger partial charge in [0.2, 0.25) is 0 Å². The number of halogens is 4. The van der Waals surface area contributed by atoms with Crippen LogP contribution in [0.3, 0.4) is 0 Å². The van der Waals surface area contributed by atoms with Crippen LogP contribution in [0.15, 0.2) is 60.7 Å². The van der Waals surface area contributed by atoms with E-state index in [-0.39, 0.29) is 0 Å². The van der Waals surface area contributed by atoms with Crippen LogP contribution in [-0.4, -0.2) is 12.1 Å². The normalized spacial score (nSPS) is 9.21. The Morgan fingerprint density at radius 2 is 0.958 bits per heavy atom. The topological polar surface area (TPSA) is 110 Å². The number of nitrogens with one attached hydrogen (secondary N) is 2. The molecule has 0 saturated heterocycles. The Hall–Kier alpha value is -1.42. The number of rotatable bonds is 2. The quantitative estimate of drug-likeness (QED) is 0.415. The van der Waals surface area contributed by atoms with Crippen molar-refractivity contribution in [1.82, 2.24) is 0 Å². The average Bonchev–Trinajstić information content (AvgIpc) is 2.48. The van der Waals surface area contributed by atoms with Crippen LogP contribution in [0.25, 0.3) is 0 Å². The van der Waals surface area contributed by atoms with Gasteiger partial charge in [0.05, 0.1) is 0 Å². The fourth-order valence-electron chi connectivity index (χ4n) is 1.33. The summed E-state index contributed by atoms with van der Waals surface area (Å²) in [4.78, 5) is 20.6. The molecule has 0 unspecified atom stereocenters. The van der Waals surface area contributed by atoms with E-state index in [2.05, 4.69) is 10.6 Å². The number of para-hydroxylation sites is 2. The Morgan fingerprint density at radius 1 is 0.708 bits per heavy atom. The van der Waals surface area contributed by atoms with Gasteiger partial charge in [-0.2, -0.15) is 0 Å². The van der Waals surface area contributed by atoms with Crippen LogP contribution in [0.5, 0.6) is 0 Å². The summed E-state index contributed by atoms with van der Waals surface area (Å²) in [7, 11) is 14.9. The first-order valence-electron chi connectivity index (χ1n) is 6.24. The number of anilines is 2. The summed E-state index contributed by atoms with van der Waals surface area (Å²) in [6, 6.07) is 17.0. The van der Waals surface area contributed by atoms with E-state index in [0.717, 1.165) is 11.4 Å². The minimum absolute atomic E-state index is 0.536. The zero-order valence-corrected chi connectivity index (χ0v) is 16.7. The zero-order chi connectivity index (χ0) is 18.4. The summed E-state index contributed by atoms with van der Waals surface area (Å²) < 4.78 is 0. The summed E-state index contributed by atoms with van der Waals surface area (Å²) in [5.74, 6) is 0. The minimum Gasteiger partial charge on any atom is -0.351 e. The van der Waals surface area contributed by atoms with Gasteiger partial charge in [-0.15, -0.1) is 0 Å². The molecule has 0 aliphatic heterocycles. The third-order valence-corrected chi connectivity index (χ3v) is 2.08. The van der Waals surface area contributed by atoms with E-state index in [1.54, 1.807) is 24.3 Å². The Balaban J connectivity index is 0.000000363. The molecule has 0 spiro atoms. The Labute approximate surface area is 158 Å². The molecular formula is C14H16Cl3IN4O2. The summed E-state index contributed by atoms with van der Waals surface area (Å²) in [5.41, 5.74) is 11.2. The van der Waals surface area contributed by atoms with Crippen molar-refractivity contribution in [3.63, 3.8) is 0 Å². The molecule has 0 atom stereocenters. The number of benzene rings is 2. The number of carbonyl (C=O) groups excluding carboxylic acids is 2. The molecule has 0 saturated carbocycles. The first-order chi connectivity index (χ1) is 11.3. The van der Waals surface area contributed by atoms with Crippen LogP contribution < -0.4 is 22.1 Å². The number of hydrogen-bond acceptors (Lipinski definition) is 2. The van der Waals surface area contributed by atoms with Gasteiger partial charge in [-0.1, -0.05) is 36.4 Å². The van der Waals surface area contributed by atoms with Crippen LogP contribution >= 0.6 is 43.2 Å². The molecule has 0 radical (unpaired) electrons. The van der Waals surface area contributed by atoms with E-state index in [1.807, 2.05) is 36.4 Å². The molecule has 24 heavy (non-hydrogen) atoms. The second-order valence-corrected chi connectivity index (χ2v) is 13.5. The van der Waals surface area contributed by atoms with Gasteiger partial charge in [0.15, 0.2) is 0 Å². The van der Waals surface area contributed by atoms with Gasteiger partial charge in [-0.3, -0.25) is 0 Å². The van der Waals surface area contributed by atoms with Crippen LogP contribution in [0, 0.1) is 0 Å². The van der Waals surface area contributed by atoms with Crippen molar-refractivity contribution >= 4 is 66.6 Å². The fourth-order valence-corrected chi connectivity index (χ4v) is 1.33. The summed E-state index contributed by atoms with van der Waals surface area (Å²) in [6.07, 6.45) is 0. The van der Waals surface area contributed by atoms with E-state index in [4.69, 9.17) is 38.2 Å². The zero-order valence-electron chi connectivity index (χ0n) is 12.3. The molecule has 0 fully saturated rings. The fraction of sp³-hybridized carbons (Fsp3) is 0. The van der Waals surface area contributed by atoms with E-state index < -0.39 is 28.5 Å². The van der Waals surface area contributed by atoms with Crippen molar-refractivity contribution < 1.29 is 9.59 Å². The van der Waals surface area contributed by atoms with E-state index in [9.17, 15) is 9.59 Å². The van der Waals surface area contributed by atoms with Crippen molar-refractivity contribution in [1.29, 1.82) is 0 Å². The third-order valence-electron chi connectivity index (χ3n) is 2.08. The van der Waals surface area contributed by atoms with Crippen molar-refractivity contribution in [2.24, 2.45) is 11.5 Å². The van der Waals surface area contributed by atoms with Gasteiger partial charge in [-0.25, -0.2) is 9.59 Å². The molecule has 0 bridgehead atoms. The number of urea groups is 2. The maximum absolute atomic E-state index is 10.3. The monoisotopic (exact) mass is 504 g/mol. The molecule has 2 aromatic carbocycles. The Bertz CT molecular complexity index is 549. The second kappa shape index (κ2) is 14.0. The first-order valence-corrected chi connectivity index (χ1v) is 14.4. The standard InChI is InChI=1S/2C7H8N2O.Cl3I/c2*8-7(10)9-6-4-2-1-3-5-6;1-4(2)3/h2*1-5H,(H3,8,9,10);. The molecule has 10 heteroatoms. The largest absolute Gasteiger partial charge is 0.351 e. The minimum atomic E-state index is -1.85. The molecule has 0 aliphatic rings. The molecule has 4 amide bonds. The van der Waals surface area contributed by atoms with Crippen molar-refractivity contribution in [2.45, 2.75) is 0 Å². The average molecular weight is 506 g/mol. The number of nitrogens with two attached hydrogens (primary N) is 2. The Morgan fingerprint density at radius 3 is 1.17 bits per heavy atom. The molecule has 6 N–H and O–H groups in total. The summed E-state index contributed by atoms with van der Waals surface area (Å²) >= 11 is -1.85. The maximum atomic E-state index is 10.3. The SMILES string of the molecule is ClI(Cl)Cl.NC(=O)Nc1ccccc1.NC(=O)Nc1ccccc1. The van der Waals surface area contributed by atoms with Gasteiger partial charge >= 0.3 is 55.2 Å². The van der Waals surface area contributed by atoms with Crippen molar-refractivity contribution in [3.8, 4) is 0 Å². The van der Waals surface area contributed by atoms with Crippen molar-refractivity contribution in [2.75, 3.05) is 10.6 Å². The molecule has 0 aliphatic carbocycles. The van der Waals surface area contributed by atoms with Gasteiger partial charge < -0.3 is 22.1 Å².